The summed E-state index contributed by atoms with van der Waals surface area (Å²) in [6.45, 7) is 1.02. The zero-order valence-electron chi connectivity index (χ0n) is 15.0. The topological polar surface area (TPSA) is 99.0 Å². The second kappa shape index (κ2) is 9.02. The van der Waals surface area contributed by atoms with Crippen molar-refractivity contribution >= 4 is 18.0 Å². The number of nitrogens with one attached hydrogen (secondary N) is 2. The molecule has 1 aromatic carbocycles. The molecule has 2 aromatic rings. The largest absolute Gasteiger partial charge is 0.349 e. The summed E-state index contributed by atoms with van der Waals surface area (Å²) in [5, 5.41) is 10.5. The molecular formula is C20H23N5O2. The van der Waals surface area contributed by atoms with Crippen LogP contribution in [0.15, 0.2) is 48.8 Å². The molecule has 1 atom stereocenters. The Labute approximate surface area is 158 Å². The second-order valence-electron chi connectivity index (χ2n) is 6.55. The number of hydrogen-bond acceptors (Lipinski definition) is 5. The van der Waals surface area contributed by atoms with Crippen LogP contribution in [0.3, 0.4) is 0 Å². The van der Waals surface area contributed by atoms with Crippen molar-refractivity contribution < 1.29 is 9.59 Å². The summed E-state index contributed by atoms with van der Waals surface area (Å²) in [5.41, 5.74) is 0.989. The van der Waals surface area contributed by atoms with Crippen molar-refractivity contribution in [2.45, 2.75) is 25.3 Å². The van der Waals surface area contributed by atoms with Gasteiger partial charge < -0.3 is 15.6 Å². The Kier molecular flexibility index (Phi) is 6.25. The Bertz CT molecular complexity index is 773. The van der Waals surface area contributed by atoms with Crippen molar-refractivity contribution in [3.05, 3.63) is 60.2 Å². The van der Waals surface area contributed by atoms with Gasteiger partial charge in [0, 0.05) is 37.8 Å². The Morgan fingerprint density at radius 2 is 1.81 bits per heavy atom. The van der Waals surface area contributed by atoms with Gasteiger partial charge in [-0.3, -0.25) is 9.59 Å². The molecule has 1 unspecified atom stereocenters. The van der Waals surface area contributed by atoms with Gasteiger partial charge in [-0.25, -0.2) is 9.97 Å². The zero-order valence-corrected chi connectivity index (χ0v) is 15.0. The highest BCUT2D eigenvalue weighted by Gasteiger charge is 2.29. The lowest BCUT2D eigenvalue weighted by molar-refractivity contribution is -0.127. The van der Waals surface area contributed by atoms with Crippen molar-refractivity contribution in [2.24, 2.45) is 5.92 Å². The molecule has 7 heteroatoms. The summed E-state index contributed by atoms with van der Waals surface area (Å²) in [7, 11) is 0. The van der Waals surface area contributed by atoms with Gasteiger partial charge in [-0.1, -0.05) is 30.3 Å². The number of nitrogens with zero attached hydrogens (tertiary/aromatic N) is 3. The number of piperidine rings is 1. The lowest BCUT2D eigenvalue weighted by Crippen LogP contribution is -2.44. The molecule has 1 saturated heterocycles. The Morgan fingerprint density at radius 1 is 1.15 bits per heavy atom. The van der Waals surface area contributed by atoms with Gasteiger partial charge in [0.05, 0.1) is 6.04 Å². The van der Waals surface area contributed by atoms with E-state index in [-0.39, 0.29) is 29.6 Å². The predicted molar refractivity (Wildman–Crippen MR) is 101 cm³/mol. The normalized spacial score (nSPS) is 15.8. The first-order valence-electron chi connectivity index (χ1n) is 9.09. The maximum atomic E-state index is 12.7. The Hall–Kier alpha value is -3.09. The van der Waals surface area contributed by atoms with E-state index >= 15 is 0 Å². The minimum absolute atomic E-state index is 0.0197. The Morgan fingerprint density at radius 3 is 2.44 bits per heavy atom. The minimum atomic E-state index is -0.200. The van der Waals surface area contributed by atoms with Crippen LogP contribution in [0.1, 0.15) is 41.5 Å². The van der Waals surface area contributed by atoms with Crippen molar-refractivity contribution in [1.82, 2.24) is 20.2 Å². The van der Waals surface area contributed by atoms with Crippen LogP contribution >= 0.6 is 0 Å². The van der Waals surface area contributed by atoms with Crippen LogP contribution in [0.4, 0.5) is 0 Å². The molecule has 27 heavy (non-hydrogen) atoms. The summed E-state index contributed by atoms with van der Waals surface area (Å²) in [4.78, 5) is 34.8. The van der Waals surface area contributed by atoms with Crippen LogP contribution in [-0.4, -0.2) is 46.0 Å². The first kappa shape index (κ1) is 18.7. The van der Waals surface area contributed by atoms with Gasteiger partial charge in [-0.15, -0.1) is 0 Å². The van der Waals surface area contributed by atoms with Crippen LogP contribution in [0, 0.1) is 11.3 Å². The number of hydrogen-bond donors (Lipinski definition) is 2. The number of benzene rings is 1. The zero-order chi connectivity index (χ0) is 19.1. The fourth-order valence-electron chi connectivity index (χ4n) is 3.27. The van der Waals surface area contributed by atoms with Crippen LogP contribution in [0.25, 0.3) is 0 Å². The van der Waals surface area contributed by atoms with E-state index in [1.165, 1.54) is 6.21 Å². The van der Waals surface area contributed by atoms with Crippen molar-refractivity contribution in [1.29, 1.82) is 5.41 Å². The van der Waals surface area contributed by atoms with E-state index in [1.54, 1.807) is 23.4 Å². The van der Waals surface area contributed by atoms with Gasteiger partial charge in [-0.2, -0.15) is 0 Å². The van der Waals surface area contributed by atoms with E-state index in [4.69, 9.17) is 5.41 Å². The number of amides is 2. The van der Waals surface area contributed by atoms with E-state index in [9.17, 15) is 9.59 Å². The third kappa shape index (κ3) is 4.75. The van der Waals surface area contributed by atoms with Crippen LogP contribution < -0.4 is 5.32 Å². The molecule has 1 aromatic heterocycles. The first-order valence-corrected chi connectivity index (χ1v) is 9.09. The molecule has 0 bridgehead atoms. The second-order valence-corrected chi connectivity index (χ2v) is 6.55. The first-order chi connectivity index (χ1) is 13.2. The third-order valence-electron chi connectivity index (χ3n) is 4.78. The molecule has 0 radical (unpaired) electrons. The monoisotopic (exact) mass is 365 g/mol. The number of aromatic nitrogens is 2. The van der Waals surface area contributed by atoms with E-state index < -0.39 is 0 Å². The molecule has 2 amide bonds. The Balaban J connectivity index is 1.56. The van der Waals surface area contributed by atoms with Crippen LogP contribution in [0.5, 0.6) is 0 Å². The van der Waals surface area contributed by atoms with E-state index in [2.05, 4.69) is 15.3 Å². The number of likely N-dealkylation sites (tertiary alicyclic amines) is 1. The smallest absolute Gasteiger partial charge is 0.291 e. The number of rotatable bonds is 6. The lowest BCUT2D eigenvalue weighted by atomic mass is 9.94. The molecular weight excluding hydrogens is 342 g/mol. The molecule has 0 saturated carbocycles. The average Bonchev–Trinajstić information content (AvgIpc) is 2.74. The highest BCUT2D eigenvalue weighted by Crippen LogP contribution is 2.21. The van der Waals surface area contributed by atoms with Gasteiger partial charge >= 0.3 is 0 Å². The standard InChI is InChI=1S/C20H23N5O2/c21-10-7-17(15-5-2-1-3-6-15)24-19(26)16-8-13-25(14-9-16)20(27)18-22-11-4-12-23-18/h1-6,10-12,16-17,21H,7-9,13-14H2,(H,24,26). The molecule has 1 aliphatic heterocycles. The summed E-state index contributed by atoms with van der Waals surface area (Å²) in [5.74, 6) is -0.160. The quantitative estimate of drug-likeness (QED) is 0.767. The summed E-state index contributed by atoms with van der Waals surface area (Å²) in [6.07, 6.45) is 6.09. The van der Waals surface area contributed by atoms with Gasteiger partial charge in [0.2, 0.25) is 11.7 Å². The summed E-state index contributed by atoms with van der Waals surface area (Å²) in [6, 6.07) is 11.2. The predicted octanol–water partition coefficient (Wildman–Crippen LogP) is 2.23. The molecule has 140 valence electrons. The van der Waals surface area contributed by atoms with Gasteiger partial charge in [0.25, 0.3) is 5.91 Å². The van der Waals surface area contributed by atoms with Crippen molar-refractivity contribution in [2.75, 3.05) is 13.1 Å². The molecule has 0 spiro atoms. The highest BCUT2D eigenvalue weighted by molar-refractivity contribution is 5.90. The molecule has 2 N–H and O–H groups in total. The molecule has 1 fully saturated rings. The number of carbonyl (C=O) groups is 2. The van der Waals surface area contributed by atoms with Crippen LogP contribution in [0.2, 0.25) is 0 Å². The maximum Gasteiger partial charge on any atom is 0.291 e. The molecule has 0 aliphatic carbocycles. The van der Waals surface area contributed by atoms with Crippen molar-refractivity contribution in [3.63, 3.8) is 0 Å². The fraction of sp³-hybridized carbons (Fsp3) is 0.350. The third-order valence-corrected chi connectivity index (χ3v) is 4.78. The number of carbonyl (C=O) groups excluding carboxylic acids is 2. The lowest BCUT2D eigenvalue weighted by Gasteiger charge is -2.31. The van der Waals surface area contributed by atoms with E-state index in [0.29, 0.717) is 32.4 Å². The molecule has 3 rings (SSSR count). The highest BCUT2D eigenvalue weighted by atomic mass is 16.2. The maximum absolute atomic E-state index is 12.7. The van der Waals surface area contributed by atoms with Crippen molar-refractivity contribution in [3.8, 4) is 0 Å². The van der Waals surface area contributed by atoms with E-state index in [0.717, 1.165) is 5.56 Å². The molecule has 7 nitrogen and oxygen atoms in total. The fourth-order valence-corrected chi connectivity index (χ4v) is 3.27. The SMILES string of the molecule is N=CCC(NC(=O)C1CCN(C(=O)c2ncccn2)CC1)c1ccccc1. The average molecular weight is 365 g/mol. The molecule has 1 aliphatic rings. The van der Waals surface area contributed by atoms with Gasteiger partial charge in [0.15, 0.2) is 0 Å². The molecule has 2 heterocycles. The van der Waals surface area contributed by atoms with E-state index in [1.807, 2.05) is 30.3 Å². The summed E-state index contributed by atoms with van der Waals surface area (Å²) < 4.78 is 0. The minimum Gasteiger partial charge on any atom is -0.349 e. The summed E-state index contributed by atoms with van der Waals surface area (Å²) >= 11 is 0. The van der Waals surface area contributed by atoms with Gasteiger partial charge in [-0.05, 0) is 30.7 Å². The van der Waals surface area contributed by atoms with Crippen LogP contribution in [-0.2, 0) is 4.79 Å². The van der Waals surface area contributed by atoms with Gasteiger partial charge in [0.1, 0.15) is 0 Å².